The van der Waals surface area contributed by atoms with Crippen LogP contribution < -0.4 is 5.32 Å². The van der Waals surface area contributed by atoms with Gasteiger partial charge in [0.2, 0.25) is 5.91 Å². The standard InChI is InChI=1S/C6H8N2O/c7-4-3-5-1-2-6(9)8-5/h5H,1-3H2,(H,8,9)/t5-/m1/s1. The zero-order chi connectivity index (χ0) is 6.69. The van der Waals surface area contributed by atoms with E-state index in [2.05, 4.69) is 5.32 Å². The summed E-state index contributed by atoms with van der Waals surface area (Å²) >= 11 is 0. The molecule has 0 saturated carbocycles. The number of hydrogen-bond acceptors (Lipinski definition) is 2. The number of hydrogen-bond donors (Lipinski definition) is 1. The van der Waals surface area contributed by atoms with Crippen molar-refractivity contribution in [2.24, 2.45) is 0 Å². The Morgan fingerprint density at radius 3 is 3.11 bits per heavy atom. The minimum absolute atomic E-state index is 0.0789. The van der Waals surface area contributed by atoms with Gasteiger partial charge in [0.25, 0.3) is 0 Å². The number of carbonyl (C=O) groups is 1. The largest absolute Gasteiger partial charge is 0.352 e. The van der Waals surface area contributed by atoms with Crippen LogP contribution in [-0.2, 0) is 4.79 Å². The van der Waals surface area contributed by atoms with Crippen molar-refractivity contribution in [3.05, 3.63) is 0 Å². The quantitative estimate of drug-likeness (QED) is 0.542. The number of carbonyl (C=O) groups excluding carboxylic acids is 1. The van der Waals surface area contributed by atoms with Gasteiger partial charge in [0.05, 0.1) is 12.5 Å². The van der Waals surface area contributed by atoms with Crippen molar-refractivity contribution in [2.75, 3.05) is 0 Å². The molecule has 1 heterocycles. The Kier molecular flexibility index (Phi) is 1.69. The lowest BCUT2D eigenvalue weighted by atomic mass is 10.2. The van der Waals surface area contributed by atoms with E-state index in [4.69, 9.17) is 5.26 Å². The fourth-order valence-electron chi connectivity index (χ4n) is 0.941. The van der Waals surface area contributed by atoms with Gasteiger partial charge in [-0.2, -0.15) is 5.26 Å². The van der Waals surface area contributed by atoms with E-state index in [1.165, 1.54) is 0 Å². The van der Waals surface area contributed by atoms with Gasteiger partial charge in [-0.05, 0) is 6.42 Å². The summed E-state index contributed by atoms with van der Waals surface area (Å²) in [6.45, 7) is 0. The second kappa shape index (κ2) is 2.49. The first-order valence-corrected chi connectivity index (χ1v) is 2.99. The highest BCUT2D eigenvalue weighted by molar-refractivity contribution is 5.78. The van der Waals surface area contributed by atoms with Crippen LogP contribution in [0, 0.1) is 11.3 Å². The maximum Gasteiger partial charge on any atom is 0.220 e. The highest BCUT2D eigenvalue weighted by Crippen LogP contribution is 2.08. The fourth-order valence-corrected chi connectivity index (χ4v) is 0.941. The van der Waals surface area contributed by atoms with E-state index in [9.17, 15) is 4.79 Å². The van der Waals surface area contributed by atoms with Crippen molar-refractivity contribution in [2.45, 2.75) is 25.3 Å². The van der Waals surface area contributed by atoms with Gasteiger partial charge in [-0.3, -0.25) is 4.79 Å². The third-order valence-corrected chi connectivity index (χ3v) is 1.42. The normalized spacial score (nSPS) is 25.2. The summed E-state index contributed by atoms with van der Waals surface area (Å²) in [4.78, 5) is 10.5. The highest BCUT2D eigenvalue weighted by Gasteiger charge is 2.19. The Hall–Kier alpha value is -1.04. The molecule has 48 valence electrons. The monoisotopic (exact) mass is 124 g/mol. The minimum atomic E-state index is 0.0789. The third kappa shape index (κ3) is 1.43. The third-order valence-electron chi connectivity index (χ3n) is 1.42. The first kappa shape index (κ1) is 6.09. The van der Waals surface area contributed by atoms with Crippen molar-refractivity contribution >= 4 is 5.91 Å². The summed E-state index contributed by atoms with van der Waals surface area (Å²) in [7, 11) is 0. The van der Waals surface area contributed by atoms with Crippen molar-refractivity contribution < 1.29 is 4.79 Å². The summed E-state index contributed by atoms with van der Waals surface area (Å²) in [6, 6.07) is 2.14. The Bertz CT molecular complexity index is 159. The Labute approximate surface area is 53.7 Å². The molecule has 1 fully saturated rings. The zero-order valence-electron chi connectivity index (χ0n) is 5.05. The highest BCUT2D eigenvalue weighted by atomic mass is 16.1. The first-order chi connectivity index (χ1) is 4.33. The molecule has 0 aromatic rings. The molecule has 0 aromatic carbocycles. The lowest BCUT2D eigenvalue weighted by Gasteiger charge is -2.00. The van der Waals surface area contributed by atoms with E-state index in [0.717, 1.165) is 6.42 Å². The molecular formula is C6H8N2O. The summed E-state index contributed by atoms with van der Waals surface area (Å²) in [5.41, 5.74) is 0. The lowest BCUT2D eigenvalue weighted by molar-refractivity contribution is -0.119. The number of nitrogens with zero attached hydrogens (tertiary/aromatic N) is 1. The molecule has 1 atom stereocenters. The molecule has 9 heavy (non-hydrogen) atoms. The van der Waals surface area contributed by atoms with E-state index in [0.29, 0.717) is 12.8 Å². The van der Waals surface area contributed by atoms with Crippen molar-refractivity contribution in [3.63, 3.8) is 0 Å². The van der Waals surface area contributed by atoms with E-state index >= 15 is 0 Å². The van der Waals surface area contributed by atoms with Gasteiger partial charge in [0.15, 0.2) is 0 Å². The summed E-state index contributed by atoms with van der Waals surface area (Å²) in [6.07, 6.45) is 1.87. The molecule has 0 radical (unpaired) electrons. The van der Waals surface area contributed by atoms with Crippen LogP contribution in [0.1, 0.15) is 19.3 Å². The smallest absolute Gasteiger partial charge is 0.220 e. The second-order valence-corrected chi connectivity index (χ2v) is 2.17. The van der Waals surface area contributed by atoms with E-state index in [1.807, 2.05) is 6.07 Å². The number of rotatable bonds is 1. The molecule has 0 aromatic heterocycles. The molecule has 3 heteroatoms. The van der Waals surface area contributed by atoms with Gasteiger partial charge < -0.3 is 5.32 Å². The van der Waals surface area contributed by atoms with E-state index in [1.54, 1.807) is 0 Å². The molecule has 1 aliphatic rings. The molecule has 0 aliphatic carbocycles. The van der Waals surface area contributed by atoms with Gasteiger partial charge in [-0.15, -0.1) is 0 Å². The molecule has 0 spiro atoms. The van der Waals surface area contributed by atoms with Crippen molar-refractivity contribution in [1.29, 1.82) is 5.26 Å². The maximum absolute atomic E-state index is 10.5. The summed E-state index contributed by atoms with van der Waals surface area (Å²) in [5.74, 6) is 0.0789. The number of nitrogens with one attached hydrogen (secondary N) is 1. The van der Waals surface area contributed by atoms with Crippen LogP contribution in [0.5, 0.6) is 0 Å². The van der Waals surface area contributed by atoms with Crippen LogP contribution in [0.15, 0.2) is 0 Å². The average molecular weight is 124 g/mol. The maximum atomic E-state index is 10.5. The Morgan fingerprint density at radius 1 is 1.89 bits per heavy atom. The predicted octanol–water partition coefficient (Wildman–Crippen LogP) is 0.179. The lowest BCUT2D eigenvalue weighted by Crippen LogP contribution is -2.24. The molecular weight excluding hydrogens is 116 g/mol. The molecule has 1 amide bonds. The molecule has 1 rings (SSSR count). The SMILES string of the molecule is N#CC[C@H]1CCC(=O)N1. The molecule has 0 bridgehead atoms. The van der Waals surface area contributed by atoms with Crippen LogP contribution in [0.2, 0.25) is 0 Å². The van der Waals surface area contributed by atoms with Gasteiger partial charge in [0, 0.05) is 12.5 Å². The number of amides is 1. The molecule has 1 saturated heterocycles. The van der Waals surface area contributed by atoms with Gasteiger partial charge in [-0.25, -0.2) is 0 Å². The molecule has 1 N–H and O–H groups in total. The van der Waals surface area contributed by atoms with E-state index < -0.39 is 0 Å². The van der Waals surface area contributed by atoms with Crippen molar-refractivity contribution in [3.8, 4) is 6.07 Å². The van der Waals surface area contributed by atoms with Gasteiger partial charge in [-0.1, -0.05) is 0 Å². The van der Waals surface area contributed by atoms with Crippen LogP contribution in [0.4, 0.5) is 0 Å². The van der Waals surface area contributed by atoms with E-state index in [-0.39, 0.29) is 11.9 Å². The fraction of sp³-hybridized carbons (Fsp3) is 0.667. The van der Waals surface area contributed by atoms with Gasteiger partial charge >= 0.3 is 0 Å². The zero-order valence-corrected chi connectivity index (χ0v) is 5.05. The first-order valence-electron chi connectivity index (χ1n) is 2.99. The van der Waals surface area contributed by atoms with Crippen LogP contribution in [0.25, 0.3) is 0 Å². The molecule has 1 aliphatic heterocycles. The Morgan fingerprint density at radius 2 is 2.67 bits per heavy atom. The molecule has 0 unspecified atom stereocenters. The summed E-state index contributed by atoms with van der Waals surface area (Å²) < 4.78 is 0. The second-order valence-electron chi connectivity index (χ2n) is 2.17. The summed E-state index contributed by atoms with van der Waals surface area (Å²) in [5, 5.41) is 10.9. The topological polar surface area (TPSA) is 52.9 Å². The predicted molar refractivity (Wildman–Crippen MR) is 31.4 cm³/mol. The van der Waals surface area contributed by atoms with Crippen LogP contribution in [0.3, 0.4) is 0 Å². The van der Waals surface area contributed by atoms with Gasteiger partial charge in [0.1, 0.15) is 0 Å². The minimum Gasteiger partial charge on any atom is -0.352 e. The van der Waals surface area contributed by atoms with Crippen LogP contribution in [-0.4, -0.2) is 11.9 Å². The average Bonchev–Trinajstić information content (AvgIpc) is 2.17. The van der Waals surface area contributed by atoms with Crippen LogP contribution >= 0.6 is 0 Å². The Balaban J connectivity index is 2.32. The number of nitriles is 1. The molecule has 3 nitrogen and oxygen atoms in total. The van der Waals surface area contributed by atoms with Crippen molar-refractivity contribution in [1.82, 2.24) is 5.32 Å².